The number of hydrogen-bond donors (Lipinski definition) is 1. The van der Waals surface area contributed by atoms with Crippen LogP contribution in [0, 0.1) is 5.41 Å². The maximum atomic E-state index is 11.4. The van der Waals surface area contributed by atoms with E-state index in [1.165, 1.54) is 0 Å². The number of aryl methyl sites for hydroxylation is 1. The molecule has 5 heteroatoms. The Kier molecular flexibility index (Phi) is 4.50. The Balaban J connectivity index is 1.66. The SMILES string of the molecule is O=C1CCc2cc(OCC3(CBr)CCOCC3)ccc2N1. The van der Waals surface area contributed by atoms with Gasteiger partial charge in [-0.3, -0.25) is 4.79 Å². The van der Waals surface area contributed by atoms with E-state index >= 15 is 0 Å². The second-order valence-electron chi connectivity index (χ2n) is 5.90. The van der Waals surface area contributed by atoms with E-state index in [2.05, 4.69) is 27.3 Å². The highest BCUT2D eigenvalue weighted by Crippen LogP contribution is 2.34. The Hall–Kier alpha value is -1.07. The topological polar surface area (TPSA) is 47.6 Å². The number of hydrogen-bond acceptors (Lipinski definition) is 3. The number of fused-ring (bicyclic) bond motifs is 1. The molecule has 2 aliphatic heterocycles. The van der Waals surface area contributed by atoms with Crippen molar-refractivity contribution in [2.45, 2.75) is 25.7 Å². The van der Waals surface area contributed by atoms with E-state index in [1.807, 2.05) is 12.1 Å². The molecule has 1 fully saturated rings. The number of carbonyl (C=O) groups excluding carboxylic acids is 1. The van der Waals surface area contributed by atoms with Crippen molar-refractivity contribution in [1.82, 2.24) is 0 Å². The highest BCUT2D eigenvalue weighted by Gasteiger charge is 2.32. The summed E-state index contributed by atoms with van der Waals surface area (Å²) in [5.41, 5.74) is 2.24. The van der Waals surface area contributed by atoms with Crippen LogP contribution in [0.2, 0.25) is 0 Å². The highest BCUT2D eigenvalue weighted by atomic mass is 79.9. The molecule has 4 nitrogen and oxygen atoms in total. The molecule has 0 aliphatic carbocycles. The number of alkyl halides is 1. The van der Waals surface area contributed by atoms with Crippen molar-refractivity contribution < 1.29 is 14.3 Å². The normalized spacial score (nSPS) is 20.5. The van der Waals surface area contributed by atoms with Gasteiger partial charge in [0.25, 0.3) is 0 Å². The first-order valence-corrected chi connectivity index (χ1v) is 8.52. The first kappa shape index (κ1) is 14.9. The van der Waals surface area contributed by atoms with Crippen LogP contribution in [-0.2, 0) is 16.0 Å². The number of nitrogens with one attached hydrogen (secondary N) is 1. The van der Waals surface area contributed by atoms with Crippen molar-refractivity contribution in [1.29, 1.82) is 0 Å². The van der Waals surface area contributed by atoms with Crippen molar-refractivity contribution in [2.24, 2.45) is 5.41 Å². The molecule has 21 heavy (non-hydrogen) atoms. The van der Waals surface area contributed by atoms with Crippen LogP contribution in [0.1, 0.15) is 24.8 Å². The van der Waals surface area contributed by atoms with Crippen LogP contribution in [0.5, 0.6) is 5.75 Å². The summed E-state index contributed by atoms with van der Waals surface area (Å²) in [6.45, 7) is 2.32. The fourth-order valence-corrected chi connectivity index (χ4v) is 3.53. The summed E-state index contributed by atoms with van der Waals surface area (Å²) in [6, 6.07) is 5.92. The van der Waals surface area contributed by atoms with Gasteiger partial charge in [0.15, 0.2) is 0 Å². The Morgan fingerprint density at radius 3 is 2.86 bits per heavy atom. The van der Waals surface area contributed by atoms with Crippen molar-refractivity contribution in [3.05, 3.63) is 23.8 Å². The third-order valence-corrected chi connectivity index (χ3v) is 5.54. The molecule has 0 atom stereocenters. The van der Waals surface area contributed by atoms with E-state index in [0.29, 0.717) is 13.0 Å². The number of amides is 1. The molecule has 0 saturated carbocycles. The predicted molar refractivity (Wildman–Crippen MR) is 85.2 cm³/mol. The molecule has 1 aromatic carbocycles. The second kappa shape index (κ2) is 6.36. The van der Waals surface area contributed by atoms with E-state index in [4.69, 9.17) is 9.47 Å². The lowest BCUT2D eigenvalue weighted by atomic mass is 9.83. The first-order valence-electron chi connectivity index (χ1n) is 7.40. The van der Waals surface area contributed by atoms with E-state index in [9.17, 15) is 4.79 Å². The van der Waals surface area contributed by atoms with Crippen LogP contribution in [-0.4, -0.2) is 31.1 Å². The average molecular weight is 354 g/mol. The lowest BCUT2D eigenvalue weighted by molar-refractivity contribution is -0.116. The van der Waals surface area contributed by atoms with Gasteiger partial charge in [-0.2, -0.15) is 0 Å². The van der Waals surface area contributed by atoms with E-state index in [-0.39, 0.29) is 11.3 Å². The lowest BCUT2D eigenvalue weighted by Crippen LogP contribution is -2.36. The maximum Gasteiger partial charge on any atom is 0.224 e. The Morgan fingerprint density at radius 2 is 2.10 bits per heavy atom. The fourth-order valence-electron chi connectivity index (χ4n) is 2.81. The van der Waals surface area contributed by atoms with Crippen LogP contribution in [0.25, 0.3) is 0 Å². The smallest absolute Gasteiger partial charge is 0.224 e. The Labute approximate surface area is 133 Å². The molecule has 2 heterocycles. The van der Waals surface area contributed by atoms with Gasteiger partial charge in [0, 0.05) is 36.1 Å². The minimum atomic E-state index is 0.0941. The molecule has 0 unspecified atom stereocenters. The van der Waals surface area contributed by atoms with Crippen LogP contribution >= 0.6 is 15.9 Å². The van der Waals surface area contributed by atoms with Crippen molar-refractivity contribution in [3.63, 3.8) is 0 Å². The minimum Gasteiger partial charge on any atom is -0.493 e. The van der Waals surface area contributed by atoms with Gasteiger partial charge < -0.3 is 14.8 Å². The number of benzene rings is 1. The molecule has 1 aromatic rings. The van der Waals surface area contributed by atoms with Gasteiger partial charge in [-0.1, -0.05) is 15.9 Å². The minimum absolute atomic E-state index is 0.0941. The quantitative estimate of drug-likeness (QED) is 0.845. The summed E-state index contributed by atoms with van der Waals surface area (Å²) in [5.74, 6) is 0.980. The van der Waals surface area contributed by atoms with E-state index < -0.39 is 0 Å². The fraction of sp³-hybridized carbons (Fsp3) is 0.562. The molecule has 1 N–H and O–H groups in total. The molecule has 114 valence electrons. The molecule has 3 rings (SSSR count). The van der Waals surface area contributed by atoms with Crippen LogP contribution in [0.3, 0.4) is 0 Å². The van der Waals surface area contributed by atoms with Crippen LogP contribution < -0.4 is 10.1 Å². The zero-order valence-electron chi connectivity index (χ0n) is 12.0. The van der Waals surface area contributed by atoms with Gasteiger partial charge in [0.2, 0.25) is 5.91 Å². The largest absolute Gasteiger partial charge is 0.493 e. The molecular weight excluding hydrogens is 334 g/mol. The summed E-state index contributed by atoms with van der Waals surface area (Å²) in [4.78, 5) is 11.4. The first-order chi connectivity index (χ1) is 10.2. The van der Waals surface area contributed by atoms with Gasteiger partial charge in [-0.25, -0.2) is 0 Å². The van der Waals surface area contributed by atoms with Crippen molar-refractivity contribution >= 4 is 27.5 Å². The van der Waals surface area contributed by atoms with Gasteiger partial charge in [0.05, 0.1) is 6.61 Å². The number of ether oxygens (including phenoxy) is 2. The molecule has 0 radical (unpaired) electrons. The van der Waals surface area contributed by atoms with Gasteiger partial charge in [-0.15, -0.1) is 0 Å². The Morgan fingerprint density at radius 1 is 1.29 bits per heavy atom. The maximum absolute atomic E-state index is 11.4. The summed E-state index contributed by atoms with van der Waals surface area (Å²) >= 11 is 3.63. The van der Waals surface area contributed by atoms with Gasteiger partial charge >= 0.3 is 0 Å². The zero-order valence-corrected chi connectivity index (χ0v) is 13.6. The summed E-state index contributed by atoms with van der Waals surface area (Å²) in [7, 11) is 0. The standard InChI is InChI=1S/C16H20BrNO3/c17-10-16(5-7-20-8-6-16)11-21-13-2-3-14-12(9-13)1-4-15(19)18-14/h2-3,9H,1,4-8,10-11H2,(H,18,19). The molecule has 1 amide bonds. The average Bonchev–Trinajstić information content (AvgIpc) is 2.54. The zero-order chi connectivity index (χ0) is 14.7. The molecule has 0 bridgehead atoms. The highest BCUT2D eigenvalue weighted by molar-refractivity contribution is 9.09. The molecular formula is C16H20BrNO3. The summed E-state index contributed by atoms with van der Waals surface area (Å²) < 4.78 is 11.5. The second-order valence-corrected chi connectivity index (χ2v) is 6.46. The molecule has 2 aliphatic rings. The predicted octanol–water partition coefficient (Wildman–Crippen LogP) is 3.14. The number of rotatable bonds is 4. The number of carbonyl (C=O) groups is 1. The number of anilines is 1. The van der Waals surface area contributed by atoms with E-state index in [0.717, 1.165) is 54.8 Å². The van der Waals surface area contributed by atoms with Gasteiger partial charge in [0.1, 0.15) is 5.75 Å². The van der Waals surface area contributed by atoms with Crippen LogP contribution in [0.4, 0.5) is 5.69 Å². The third kappa shape index (κ3) is 3.40. The van der Waals surface area contributed by atoms with Gasteiger partial charge in [-0.05, 0) is 43.0 Å². The van der Waals surface area contributed by atoms with Crippen molar-refractivity contribution in [3.8, 4) is 5.75 Å². The Bertz CT molecular complexity index is 526. The monoisotopic (exact) mass is 353 g/mol. The molecule has 0 spiro atoms. The van der Waals surface area contributed by atoms with Crippen molar-refractivity contribution in [2.75, 3.05) is 30.5 Å². The molecule has 1 saturated heterocycles. The molecule has 0 aromatic heterocycles. The number of halogens is 1. The third-order valence-electron chi connectivity index (χ3n) is 4.35. The summed E-state index contributed by atoms with van der Waals surface area (Å²) in [6.07, 6.45) is 3.40. The lowest BCUT2D eigenvalue weighted by Gasteiger charge is -2.35. The van der Waals surface area contributed by atoms with Crippen LogP contribution in [0.15, 0.2) is 18.2 Å². The summed E-state index contributed by atoms with van der Waals surface area (Å²) in [5, 5.41) is 3.83. The van der Waals surface area contributed by atoms with E-state index in [1.54, 1.807) is 0 Å².